The van der Waals surface area contributed by atoms with Gasteiger partial charge in [0.15, 0.2) is 0 Å². The van der Waals surface area contributed by atoms with E-state index in [1.807, 2.05) is 0 Å². The van der Waals surface area contributed by atoms with Crippen molar-refractivity contribution >= 4 is 27.5 Å². The number of rotatable bonds is 3. The van der Waals surface area contributed by atoms with E-state index in [0.717, 1.165) is 12.8 Å². The Morgan fingerprint density at radius 2 is 2.08 bits per heavy atom. The Morgan fingerprint density at radius 1 is 1.40 bits per heavy atom. The van der Waals surface area contributed by atoms with Crippen LogP contribution in [0.4, 0.5) is 4.79 Å². The van der Waals surface area contributed by atoms with Crippen molar-refractivity contribution < 1.29 is 17.9 Å². The molecule has 1 aliphatic rings. The second-order valence-electron chi connectivity index (χ2n) is 7.23. The van der Waals surface area contributed by atoms with Crippen LogP contribution in [0.1, 0.15) is 45.6 Å². The van der Waals surface area contributed by atoms with E-state index < -0.39 is 27.6 Å². The number of sulfone groups is 1. The van der Waals surface area contributed by atoms with Gasteiger partial charge in [-0.1, -0.05) is 11.6 Å². The largest absolute Gasteiger partial charge is 0.444 e. The topological polar surface area (TPSA) is 89.5 Å². The number of carbonyl (C=O) groups excluding carboxylic acids is 1. The average Bonchev–Trinajstić information content (AvgIpc) is 2.48. The molecule has 140 valence electrons. The monoisotopic (exact) mass is 389 g/mol. The number of hydrogen-bond acceptors (Lipinski definition) is 6. The molecule has 1 saturated heterocycles. The summed E-state index contributed by atoms with van der Waals surface area (Å²) in [5.41, 5.74) is -0.0281. The fourth-order valence-corrected chi connectivity index (χ4v) is 4.24. The lowest BCUT2D eigenvalue weighted by atomic mass is 10.0. The number of piperidine rings is 1. The molecule has 0 aromatic carbocycles. The number of amides is 1. The quantitative estimate of drug-likeness (QED) is 0.583. The minimum absolute atomic E-state index is 0.112. The molecule has 0 bridgehead atoms. The first-order valence-electron chi connectivity index (χ1n) is 8.21. The molecule has 1 atom stereocenters. The number of aromatic nitrogens is 2. The standard InChI is InChI=1S/C16H24ClN3O4S/c1-11-9-18-14(19-13(11)17)25(22,23)10-12-7-5-6-8-20(12)15(21)24-16(2,3)4/h9,12H,5-8,10H2,1-4H3/t12-/m1/s1. The average molecular weight is 390 g/mol. The maximum absolute atomic E-state index is 12.7. The number of halogens is 1. The number of likely N-dealkylation sites (tertiary alicyclic amines) is 1. The number of aryl methyl sites for hydroxylation is 1. The van der Waals surface area contributed by atoms with E-state index >= 15 is 0 Å². The van der Waals surface area contributed by atoms with Gasteiger partial charge >= 0.3 is 6.09 Å². The van der Waals surface area contributed by atoms with Gasteiger partial charge in [0, 0.05) is 24.3 Å². The summed E-state index contributed by atoms with van der Waals surface area (Å²) in [7, 11) is -3.77. The van der Waals surface area contributed by atoms with Crippen LogP contribution >= 0.6 is 11.6 Å². The number of carbonyl (C=O) groups is 1. The maximum Gasteiger partial charge on any atom is 0.410 e. The first-order chi connectivity index (χ1) is 11.5. The van der Waals surface area contributed by atoms with Crippen molar-refractivity contribution in [2.75, 3.05) is 12.3 Å². The molecule has 0 N–H and O–H groups in total. The van der Waals surface area contributed by atoms with E-state index in [1.54, 1.807) is 27.7 Å². The Hall–Kier alpha value is -1.41. The third-order valence-electron chi connectivity index (χ3n) is 3.83. The summed E-state index contributed by atoms with van der Waals surface area (Å²) in [6, 6.07) is -0.461. The smallest absolute Gasteiger partial charge is 0.410 e. The summed E-state index contributed by atoms with van der Waals surface area (Å²) in [4.78, 5) is 21.7. The van der Waals surface area contributed by atoms with Gasteiger partial charge in [-0.25, -0.2) is 23.2 Å². The lowest BCUT2D eigenvalue weighted by Gasteiger charge is -2.36. The summed E-state index contributed by atoms with van der Waals surface area (Å²) < 4.78 is 30.7. The molecule has 0 saturated carbocycles. The van der Waals surface area contributed by atoms with Gasteiger partial charge in [0.05, 0.1) is 5.75 Å². The van der Waals surface area contributed by atoms with Crippen molar-refractivity contribution in [1.82, 2.24) is 14.9 Å². The van der Waals surface area contributed by atoms with Gasteiger partial charge in [0.25, 0.3) is 0 Å². The second kappa shape index (κ2) is 7.45. The van der Waals surface area contributed by atoms with E-state index in [1.165, 1.54) is 11.1 Å². The van der Waals surface area contributed by atoms with Crippen molar-refractivity contribution in [2.45, 2.75) is 63.8 Å². The molecule has 1 fully saturated rings. The van der Waals surface area contributed by atoms with Gasteiger partial charge in [-0.3, -0.25) is 0 Å². The highest BCUT2D eigenvalue weighted by Crippen LogP contribution is 2.23. The summed E-state index contributed by atoms with van der Waals surface area (Å²) in [6.07, 6.45) is 3.17. The summed E-state index contributed by atoms with van der Waals surface area (Å²) >= 11 is 5.91. The van der Waals surface area contributed by atoms with Crippen molar-refractivity contribution in [2.24, 2.45) is 0 Å². The highest BCUT2D eigenvalue weighted by Gasteiger charge is 2.34. The third kappa shape index (κ3) is 5.28. The predicted molar refractivity (Wildman–Crippen MR) is 94.4 cm³/mol. The number of nitrogens with zero attached hydrogens (tertiary/aromatic N) is 3. The molecule has 1 aromatic heterocycles. The molecule has 1 aromatic rings. The molecule has 7 nitrogen and oxygen atoms in total. The zero-order valence-corrected chi connectivity index (χ0v) is 16.5. The number of hydrogen-bond donors (Lipinski definition) is 0. The molecule has 0 aliphatic carbocycles. The summed E-state index contributed by atoms with van der Waals surface area (Å²) in [5, 5.41) is -0.195. The number of ether oxygens (including phenoxy) is 1. The maximum atomic E-state index is 12.7. The van der Waals surface area contributed by atoms with Crippen LogP contribution in [0.2, 0.25) is 5.15 Å². The molecule has 1 aliphatic heterocycles. The molecule has 2 rings (SSSR count). The normalized spacial score (nSPS) is 18.9. The van der Waals surface area contributed by atoms with Gasteiger partial charge in [-0.05, 0) is 47.0 Å². The van der Waals surface area contributed by atoms with E-state index in [4.69, 9.17) is 16.3 Å². The molecule has 0 unspecified atom stereocenters. The third-order valence-corrected chi connectivity index (χ3v) is 5.79. The van der Waals surface area contributed by atoms with E-state index in [9.17, 15) is 13.2 Å². The fraction of sp³-hybridized carbons (Fsp3) is 0.688. The molecule has 0 spiro atoms. The van der Waals surface area contributed by atoms with Crippen LogP contribution in [-0.2, 0) is 14.6 Å². The Labute approximate surface area is 153 Å². The van der Waals surface area contributed by atoms with Crippen LogP contribution < -0.4 is 0 Å². The SMILES string of the molecule is Cc1cnc(S(=O)(=O)C[C@H]2CCCCN2C(=O)OC(C)(C)C)nc1Cl. The minimum Gasteiger partial charge on any atom is -0.444 e. The zero-order chi connectivity index (χ0) is 18.8. The molecule has 9 heteroatoms. The van der Waals surface area contributed by atoms with Gasteiger partial charge in [0.2, 0.25) is 15.0 Å². The van der Waals surface area contributed by atoms with Crippen molar-refractivity contribution in [3.8, 4) is 0 Å². The lowest BCUT2D eigenvalue weighted by molar-refractivity contribution is 0.0124. The van der Waals surface area contributed by atoms with Crippen LogP contribution in [0.25, 0.3) is 0 Å². The van der Waals surface area contributed by atoms with Gasteiger partial charge in [-0.2, -0.15) is 0 Å². The van der Waals surface area contributed by atoms with E-state index in [-0.39, 0.29) is 16.1 Å². The highest BCUT2D eigenvalue weighted by atomic mass is 35.5. The molecule has 1 amide bonds. The van der Waals surface area contributed by atoms with Crippen molar-refractivity contribution in [3.63, 3.8) is 0 Å². The minimum atomic E-state index is -3.77. The van der Waals surface area contributed by atoms with E-state index in [2.05, 4.69) is 9.97 Å². The Balaban J connectivity index is 2.19. The summed E-state index contributed by atoms with van der Waals surface area (Å²) in [6.45, 7) is 7.52. The van der Waals surface area contributed by atoms with E-state index in [0.29, 0.717) is 18.5 Å². The van der Waals surface area contributed by atoms with Crippen molar-refractivity contribution in [1.29, 1.82) is 0 Å². The first kappa shape index (κ1) is 19.9. The first-order valence-corrected chi connectivity index (χ1v) is 10.2. The summed E-state index contributed by atoms with van der Waals surface area (Å²) in [5.74, 6) is -0.244. The molecule has 2 heterocycles. The van der Waals surface area contributed by atoms with Gasteiger partial charge in [-0.15, -0.1) is 0 Å². The Kier molecular flexibility index (Phi) is 5.93. The van der Waals surface area contributed by atoms with Gasteiger partial charge < -0.3 is 9.64 Å². The van der Waals surface area contributed by atoms with Gasteiger partial charge in [0.1, 0.15) is 10.8 Å². The Morgan fingerprint density at radius 3 is 2.68 bits per heavy atom. The molecule has 0 radical (unpaired) electrons. The van der Waals surface area contributed by atoms with Crippen LogP contribution in [0.3, 0.4) is 0 Å². The van der Waals surface area contributed by atoms with Crippen LogP contribution in [0.5, 0.6) is 0 Å². The van der Waals surface area contributed by atoms with Crippen molar-refractivity contribution in [3.05, 3.63) is 16.9 Å². The predicted octanol–water partition coefficient (Wildman–Crippen LogP) is 3.00. The lowest BCUT2D eigenvalue weighted by Crippen LogP contribution is -2.49. The second-order valence-corrected chi connectivity index (χ2v) is 9.52. The molecular formula is C16H24ClN3O4S. The zero-order valence-electron chi connectivity index (χ0n) is 15.0. The van der Waals surface area contributed by atoms with Crippen LogP contribution in [0, 0.1) is 6.92 Å². The fourth-order valence-electron chi connectivity index (χ4n) is 2.62. The van der Waals surface area contributed by atoms with Crippen LogP contribution in [0.15, 0.2) is 11.4 Å². The highest BCUT2D eigenvalue weighted by molar-refractivity contribution is 7.91. The molecule has 25 heavy (non-hydrogen) atoms. The van der Waals surface area contributed by atoms with Crippen LogP contribution in [-0.4, -0.2) is 53.3 Å². The molecular weight excluding hydrogens is 366 g/mol. The Bertz CT molecular complexity index is 746.